The van der Waals surface area contributed by atoms with Gasteiger partial charge in [0.1, 0.15) is 0 Å². The van der Waals surface area contributed by atoms with Crippen molar-refractivity contribution in [1.29, 1.82) is 0 Å². The van der Waals surface area contributed by atoms with Gasteiger partial charge in [0, 0.05) is 42.8 Å². The molecule has 1 saturated heterocycles. The van der Waals surface area contributed by atoms with E-state index in [-0.39, 0.29) is 0 Å². The number of nitrogens with zero attached hydrogens (tertiary/aromatic N) is 2. The topological polar surface area (TPSA) is 40.6 Å². The summed E-state index contributed by atoms with van der Waals surface area (Å²) in [6, 6.07) is 12.8. The van der Waals surface area contributed by atoms with Crippen LogP contribution in [0, 0.1) is 0 Å². The Morgan fingerprint density at radius 2 is 1.64 bits per heavy atom. The van der Waals surface area contributed by atoms with Gasteiger partial charge in [-0.05, 0) is 47.7 Å². The van der Waals surface area contributed by atoms with E-state index in [0.29, 0.717) is 53.6 Å². The van der Waals surface area contributed by atoms with Crippen LogP contribution >= 0.6 is 23.2 Å². The molecule has 1 aliphatic rings. The number of hydrogen-bond donors (Lipinski definition) is 0. The van der Waals surface area contributed by atoms with E-state index in [9.17, 15) is 8.42 Å². The second kappa shape index (κ2) is 9.14. The van der Waals surface area contributed by atoms with Crippen LogP contribution in [0.2, 0.25) is 10.0 Å². The van der Waals surface area contributed by atoms with Gasteiger partial charge in [-0.25, -0.2) is 8.42 Å². The Labute approximate surface area is 178 Å². The molecule has 2 aromatic rings. The molecule has 0 saturated carbocycles. The number of piperazine rings is 1. The van der Waals surface area contributed by atoms with Crippen molar-refractivity contribution in [3.8, 4) is 0 Å². The molecule has 0 unspecified atom stereocenters. The number of rotatable bonds is 6. The molecule has 0 aliphatic carbocycles. The molecule has 4 nitrogen and oxygen atoms in total. The molecule has 7 heteroatoms. The minimum atomic E-state index is -3.46. The van der Waals surface area contributed by atoms with Gasteiger partial charge in [-0.2, -0.15) is 4.31 Å². The Kier molecular flexibility index (Phi) is 7.05. The van der Waals surface area contributed by atoms with Gasteiger partial charge in [0.05, 0.1) is 4.90 Å². The highest BCUT2D eigenvalue weighted by Gasteiger charge is 2.28. The van der Waals surface area contributed by atoms with Crippen molar-refractivity contribution < 1.29 is 8.42 Å². The van der Waals surface area contributed by atoms with Gasteiger partial charge in [0.15, 0.2) is 0 Å². The molecule has 1 aliphatic heterocycles. The summed E-state index contributed by atoms with van der Waals surface area (Å²) in [4.78, 5) is 2.58. The zero-order valence-corrected chi connectivity index (χ0v) is 18.6. The van der Waals surface area contributed by atoms with E-state index < -0.39 is 10.0 Å². The van der Waals surface area contributed by atoms with Crippen LogP contribution in [0.5, 0.6) is 0 Å². The molecule has 3 rings (SSSR count). The minimum Gasteiger partial charge on any atom is -0.296 e. The van der Waals surface area contributed by atoms with Crippen LogP contribution < -0.4 is 0 Å². The lowest BCUT2D eigenvalue weighted by atomic mass is 9.99. The van der Waals surface area contributed by atoms with Crippen molar-refractivity contribution in [2.75, 3.05) is 26.2 Å². The van der Waals surface area contributed by atoms with Crippen LogP contribution in [0.1, 0.15) is 37.3 Å². The van der Waals surface area contributed by atoms with E-state index in [4.69, 9.17) is 23.2 Å². The molecule has 0 spiro atoms. The Bertz CT molecular complexity index is 909. The highest BCUT2D eigenvalue weighted by atomic mass is 35.5. The predicted molar refractivity (Wildman–Crippen MR) is 116 cm³/mol. The minimum absolute atomic E-state index is 0.369. The molecule has 152 valence electrons. The van der Waals surface area contributed by atoms with Crippen molar-refractivity contribution >= 4 is 33.2 Å². The molecule has 28 heavy (non-hydrogen) atoms. The van der Waals surface area contributed by atoms with Gasteiger partial charge in [0.25, 0.3) is 0 Å². The van der Waals surface area contributed by atoms with Crippen molar-refractivity contribution in [3.63, 3.8) is 0 Å². The molecule has 0 bridgehead atoms. The number of hydrogen-bond acceptors (Lipinski definition) is 3. The molecule has 2 aromatic carbocycles. The van der Waals surface area contributed by atoms with Crippen LogP contribution in [0.4, 0.5) is 0 Å². The maximum atomic E-state index is 13.0. The summed E-state index contributed by atoms with van der Waals surface area (Å²) in [5.41, 5.74) is 2.18. The van der Waals surface area contributed by atoms with Gasteiger partial charge in [0.2, 0.25) is 10.0 Å². The molecule has 0 radical (unpaired) electrons. The van der Waals surface area contributed by atoms with Gasteiger partial charge in [-0.3, -0.25) is 4.90 Å². The normalized spacial score (nSPS) is 17.6. The summed E-state index contributed by atoms with van der Waals surface area (Å²) in [6.07, 6.45) is 1.03. The third-order valence-electron chi connectivity index (χ3n) is 5.44. The lowest BCUT2D eigenvalue weighted by Crippen LogP contribution is -2.48. The first-order valence-corrected chi connectivity index (χ1v) is 11.8. The zero-order chi connectivity index (χ0) is 20.3. The fourth-order valence-corrected chi connectivity index (χ4v) is 5.26. The zero-order valence-electron chi connectivity index (χ0n) is 16.2. The largest absolute Gasteiger partial charge is 0.296 e. The standard InChI is InChI=1S/C21H26Cl2N2O2S/c1-3-16(2)17-5-8-20(9-6-17)28(26,27)25-12-10-24(11-13-25)15-18-4-7-19(22)14-21(18)23/h4-9,14,16H,3,10-13,15H2,1-2H3/t16-/m0/s1. The molecular formula is C21H26Cl2N2O2S. The molecule has 1 atom stereocenters. The summed E-state index contributed by atoms with van der Waals surface area (Å²) >= 11 is 12.2. The van der Waals surface area contributed by atoms with Gasteiger partial charge in [-0.1, -0.05) is 55.2 Å². The highest BCUT2D eigenvalue weighted by molar-refractivity contribution is 7.89. The van der Waals surface area contributed by atoms with E-state index in [1.54, 1.807) is 22.5 Å². The monoisotopic (exact) mass is 440 g/mol. The highest BCUT2D eigenvalue weighted by Crippen LogP contribution is 2.25. The molecule has 1 fully saturated rings. The lowest BCUT2D eigenvalue weighted by molar-refractivity contribution is 0.181. The van der Waals surface area contributed by atoms with Gasteiger partial charge < -0.3 is 0 Å². The van der Waals surface area contributed by atoms with E-state index in [1.807, 2.05) is 24.3 Å². The number of halogens is 2. The van der Waals surface area contributed by atoms with Crippen molar-refractivity contribution in [1.82, 2.24) is 9.21 Å². The quantitative estimate of drug-likeness (QED) is 0.633. The third kappa shape index (κ3) is 4.89. The molecule has 0 aromatic heterocycles. The Morgan fingerprint density at radius 1 is 1.00 bits per heavy atom. The second-order valence-electron chi connectivity index (χ2n) is 7.29. The maximum absolute atomic E-state index is 13.0. The molecule has 0 N–H and O–H groups in total. The summed E-state index contributed by atoms with van der Waals surface area (Å²) in [5, 5.41) is 1.26. The van der Waals surface area contributed by atoms with Gasteiger partial charge in [-0.15, -0.1) is 0 Å². The number of sulfonamides is 1. The first kappa shape index (κ1) is 21.6. The molecular weight excluding hydrogens is 415 g/mol. The van der Waals surface area contributed by atoms with E-state index >= 15 is 0 Å². The Balaban J connectivity index is 1.63. The summed E-state index contributed by atoms with van der Waals surface area (Å²) in [5.74, 6) is 0.431. The first-order chi connectivity index (χ1) is 13.3. The Hall–Kier alpha value is -1.11. The number of benzene rings is 2. The fraction of sp³-hybridized carbons (Fsp3) is 0.429. The van der Waals surface area contributed by atoms with Crippen LogP contribution in [-0.2, 0) is 16.6 Å². The van der Waals surface area contributed by atoms with Gasteiger partial charge >= 0.3 is 0 Å². The van der Waals surface area contributed by atoms with Crippen molar-refractivity contribution in [3.05, 3.63) is 63.6 Å². The predicted octanol–water partition coefficient (Wildman–Crippen LogP) is 5.01. The SMILES string of the molecule is CC[C@H](C)c1ccc(S(=O)(=O)N2CCN(Cc3ccc(Cl)cc3Cl)CC2)cc1. The van der Waals surface area contributed by atoms with Crippen LogP contribution in [0.3, 0.4) is 0 Å². The van der Waals surface area contributed by atoms with E-state index in [1.165, 1.54) is 5.56 Å². The van der Waals surface area contributed by atoms with Crippen LogP contribution in [0.15, 0.2) is 47.4 Å². The maximum Gasteiger partial charge on any atom is 0.243 e. The summed E-state index contributed by atoms with van der Waals surface area (Å²) in [6.45, 7) is 7.25. The summed E-state index contributed by atoms with van der Waals surface area (Å²) in [7, 11) is -3.46. The fourth-order valence-electron chi connectivity index (χ4n) is 3.37. The second-order valence-corrected chi connectivity index (χ2v) is 10.1. The average Bonchev–Trinajstić information content (AvgIpc) is 2.70. The average molecular weight is 441 g/mol. The van der Waals surface area contributed by atoms with Crippen LogP contribution in [-0.4, -0.2) is 43.8 Å². The van der Waals surface area contributed by atoms with E-state index in [2.05, 4.69) is 18.7 Å². The lowest BCUT2D eigenvalue weighted by Gasteiger charge is -2.34. The molecule has 1 heterocycles. The van der Waals surface area contributed by atoms with Crippen molar-refractivity contribution in [2.24, 2.45) is 0 Å². The van der Waals surface area contributed by atoms with Crippen molar-refractivity contribution in [2.45, 2.75) is 37.6 Å². The smallest absolute Gasteiger partial charge is 0.243 e. The van der Waals surface area contributed by atoms with Crippen LogP contribution in [0.25, 0.3) is 0 Å². The Morgan fingerprint density at radius 3 is 2.21 bits per heavy atom. The summed E-state index contributed by atoms with van der Waals surface area (Å²) < 4.78 is 27.5. The third-order valence-corrected chi connectivity index (χ3v) is 7.94. The molecule has 0 amide bonds. The van der Waals surface area contributed by atoms with E-state index in [0.717, 1.165) is 12.0 Å². The first-order valence-electron chi connectivity index (χ1n) is 9.57.